The average Bonchev–Trinajstić information content (AvgIpc) is 3.93. The van der Waals surface area contributed by atoms with Crippen LogP contribution in [0.1, 0.15) is 73.6 Å². The number of aliphatic imine (C=N–C) groups is 4. The van der Waals surface area contributed by atoms with Gasteiger partial charge < -0.3 is 41.1 Å². The van der Waals surface area contributed by atoms with E-state index in [9.17, 15) is 30.0 Å². The van der Waals surface area contributed by atoms with Gasteiger partial charge in [0.1, 0.15) is 5.82 Å². The summed E-state index contributed by atoms with van der Waals surface area (Å²) in [5.41, 5.74) is 6.89. The molecule has 6 heterocycles. The first-order valence-corrected chi connectivity index (χ1v) is 21.0. The molecule has 1 aromatic heterocycles. The van der Waals surface area contributed by atoms with Crippen LogP contribution in [0.25, 0.3) is 0 Å². The molecule has 5 aliphatic heterocycles. The second-order valence-electron chi connectivity index (χ2n) is 16.0. The predicted octanol–water partition coefficient (Wildman–Crippen LogP) is 3.48. The number of aliphatic hydroxyl groups excluding tert-OH is 2. The van der Waals surface area contributed by atoms with E-state index in [4.69, 9.17) is 19.7 Å². The number of pyridine rings is 1. The minimum Gasteiger partial charge on any atom is -0.875 e. The minimum atomic E-state index is -1.25. The SMILES string of the molecule is CC[C@H]1C2=CC3=NC(=C(CC(=O)OC)C4=NC(=CC5=C(C)/C(=C(/C)[O-])C(=N5)C=C(N2)[C@@H]1C)[C@@H](C)[C@@H]4CCC(=O)NCCCNc1ccccn1)C(C([O-])=NCC(O)CO)=C3C.[Pd+2]. The van der Waals surface area contributed by atoms with Crippen molar-refractivity contribution in [1.82, 2.24) is 15.6 Å². The minimum absolute atomic E-state index is 0. The Kier molecular flexibility index (Phi) is 16.3. The van der Waals surface area contributed by atoms with Crippen molar-refractivity contribution in [3.05, 3.63) is 105 Å². The number of methoxy groups -OCH3 is 1. The monoisotopic (exact) mass is 938 g/mol. The molecule has 0 aromatic carbocycles. The van der Waals surface area contributed by atoms with Gasteiger partial charge in [0, 0.05) is 77.6 Å². The van der Waals surface area contributed by atoms with E-state index in [0.717, 1.165) is 23.6 Å². The van der Waals surface area contributed by atoms with Gasteiger partial charge in [-0.2, -0.15) is 0 Å². The van der Waals surface area contributed by atoms with Gasteiger partial charge in [0.2, 0.25) is 5.91 Å². The summed E-state index contributed by atoms with van der Waals surface area (Å²) < 4.78 is 5.21. The number of amides is 1. The fourth-order valence-corrected chi connectivity index (χ4v) is 8.46. The second-order valence-corrected chi connectivity index (χ2v) is 16.0. The van der Waals surface area contributed by atoms with Gasteiger partial charge >= 0.3 is 26.4 Å². The number of carbonyl (C=O) groups is 2. The van der Waals surface area contributed by atoms with Crippen LogP contribution in [0, 0.1) is 23.7 Å². The molecule has 1 unspecified atom stereocenters. The Hall–Kier alpha value is -5.27. The zero-order chi connectivity index (χ0) is 44.0. The summed E-state index contributed by atoms with van der Waals surface area (Å²) in [5, 5.41) is 56.8. The van der Waals surface area contributed by atoms with Crippen LogP contribution in [-0.4, -0.2) is 89.6 Å². The maximum absolute atomic E-state index is 14.1. The molecule has 62 heavy (non-hydrogen) atoms. The van der Waals surface area contributed by atoms with Gasteiger partial charge in [-0.1, -0.05) is 33.8 Å². The van der Waals surface area contributed by atoms with Gasteiger partial charge in [-0.3, -0.25) is 19.6 Å². The number of hydrogen-bond acceptors (Lipinski definition) is 14. The number of allylic oxidation sites excluding steroid dienone is 10. The molecular weight excluding hydrogens is 883 g/mol. The molecule has 0 spiro atoms. The summed E-state index contributed by atoms with van der Waals surface area (Å²) in [6.45, 7) is 11.5. The molecule has 0 saturated carbocycles. The van der Waals surface area contributed by atoms with Crippen molar-refractivity contribution in [3.63, 3.8) is 0 Å². The molecule has 1 aromatic rings. The maximum Gasteiger partial charge on any atom is 2.00 e. The molecular formula is C46H56N8O7Pd. The van der Waals surface area contributed by atoms with Crippen molar-refractivity contribution in [2.45, 2.75) is 79.8 Å². The molecule has 0 radical (unpaired) electrons. The average molecular weight is 939 g/mol. The molecule has 0 aliphatic carbocycles. The Bertz CT molecular complexity index is 2280. The van der Waals surface area contributed by atoms with E-state index in [0.29, 0.717) is 76.8 Å². The zero-order valence-corrected chi connectivity index (χ0v) is 37.8. The maximum atomic E-state index is 14.1. The number of nitrogens with one attached hydrogen (secondary N) is 3. The largest absolute Gasteiger partial charge is 2.00 e. The number of carbonyl (C=O) groups excluding carboxylic acids is 2. The quantitative estimate of drug-likeness (QED) is 0.0430. The smallest absolute Gasteiger partial charge is 0.875 e. The number of anilines is 1. The first-order valence-electron chi connectivity index (χ1n) is 21.0. The van der Waals surface area contributed by atoms with E-state index in [1.54, 1.807) is 13.1 Å². The third kappa shape index (κ3) is 10.5. The molecule has 16 heteroatoms. The number of hydrogen-bond donors (Lipinski definition) is 5. The summed E-state index contributed by atoms with van der Waals surface area (Å²) in [7, 11) is 1.28. The van der Waals surface area contributed by atoms with Crippen molar-refractivity contribution >= 4 is 40.7 Å². The normalized spacial score (nSPS) is 23.4. The summed E-state index contributed by atoms with van der Waals surface area (Å²) in [6.07, 6.45) is 7.83. The molecule has 8 bridgehead atoms. The third-order valence-electron chi connectivity index (χ3n) is 11.9. The van der Waals surface area contributed by atoms with Crippen LogP contribution in [-0.2, 0) is 34.7 Å². The summed E-state index contributed by atoms with van der Waals surface area (Å²) in [4.78, 5) is 50.4. The molecule has 6 rings (SSSR count). The molecule has 1 saturated heterocycles. The van der Waals surface area contributed by atoms with Crippen molar-refractivity contribution in [2.24, 2.45) is 43.6 Å². The number of ether oxygens (including phenoxy) is 1. The van der Waals surface area contributed by atoms with E-state index >= 15 is 0 Å². The molecule has 332 valence electrons. The Balaban J connectivity index is 0.00000726. The van der Waals surface area contributed by atoms with Crippen LogP contribution in [0.2, 0.25) is 0 Å². The van der Waals surface area contributed by atoms with Crippen molar-refractivity contribution in [1.29, 1.82) is 0 Å². The predicted molar refractivity (Wildman–Crippen MR) is 232 cm³/mol. The summed E-state index contributed by atoms with van der Waals surface area (Å²) in [5.74, 6) is -1.41. The summed E-state index contributed by atoms with van der Waals surface area (Å²) in [6, 6.07) is 5.62. The second kappa shape index (κ2) is 21.2. The molecule has 5 atom stereocenters. The third-order valence-corrected chi connectivity index (χ3v) is 11.9. The topological polar surface area (TPSA) is 228 Å². The van der Waals surface area contributed by atoms with Gasteiger partial charge in [0.05, 0.1) is 61.3 Å². The van der Waals surface area contributed by atoms with Crippen molar-refractivity contribution in [3.8, 4) is 0 Å². The fourth-order valence-electron chi connectivity index (χ4n) is 8.46. The van der Waals surface area contributed by atoms with Gasteiger partial charge in [-0.25, -0.2) is 15.0 Å². The van der Waals surface area contributed by atoms with Crippen LogP contribution in [0.4, 0.5) is 5.82 Å². The van der Waals surface area contributed by atoms with E-state index in [1.807, 2.05) is 50.3 Å². The Morgan fingerprint density at radius 2 is 1.76 bits per heavy atom. The van der Waals surface area contributed by atoms with E-state index in [1.165, 1.54) is 14.0 Å². The zero-order valence-electron chi connectivity index (χ0n) is 36.3. The van der Waals surface area contributed by atoms with E-state index in [-0.39, 0.29) is 80.5 Å². The van der Waals surface area contributed by atoms with Gasteiger partial charge in [0.15, 0.2) is 0 Å². The Morgan fingerprint density at radius 3 is 2.44 bits per heavy atom. The van der Waals surface area contributed by atoms with Crippen molar-refractivity contribution < 1.29 is 55.2 Å². The van der Waals surface area contributed by atoms with Crippen LogP contribution in [0.3, 0.4) is 0 Å². The van der Waals surface area contributed by atoms with Crippen LogP contribution < -0.4 is 26.2 Å². The van der Waals surface area contributed by atoms with Crippen molar-refractivity contribution in [2.75, 3.05) is 38.7 Å². The van der Waals surface area contributed by atoms with Gasteiger partial charge in [0.25, 0.3) is 0 Å². The number of aromatic nitrogens is 1. The summed E-state index contributed by atoms with van der Waals surface area (Å²) >= 11 is 0. The van der Waals surface area contributed by atoms with E-state index in [2.05, 4.69) is 39.8 Å². The van der Waals surface area contributed by atoms with Gasteiger partial charge in [-0.15, -0.1) is 5.76 Å². The van der Waals surface area contributed by atoms with Crippen LogP contribution in [0.5, 0.6) is 0 Å². The molecule has 15 nitrogen and oxygen atoms in total. The Labute approximate surface area is 376 Å². The number of aliphatic hydroxyl groups is 2. The number of fused-ring (bicyclic) bond motifs is 5. The molecule has 1 fully saturated rings. The molecule has 1 amide bonds. The molecule has 5 N–H and O–H groups in total. The number of nitrogens with zero attached hydrogens (tertiary/aromatic N) is 5. The Morgan fingerprint density at radius 1 is 1.00 bits per heavy atom. The standard InChI is InChI=1S/C46H58N8O7.Pd/c1-8-30-24(2)33-21-38-42(28(6)56)26(4)35(52-38)19-34-25(3)31(13-14-40(58)49-17-11-16-48-39-12-9-10-15-47-39)44(53-34)32(18-41(59)61-7)45-43(46(60)50-22-29(57)23-55)27(5)36(54-45)20-37(30)51-33;/h9-10,12,15,19-21,24-25,29-31,51,55-57H,8,11,13-14,16-18,22-23H2,1-7H3,(H,47,48)(H,49,58)(H,50,60);/q;+2/p-2/b33-21?,34-19?,37-20?,42-28+,45-32?;/t24-,25+,29?,30-,31+;/m1./s1. The fraction of sp³-hybridized carbons (Fsp3) is 0.457. The molecule has 5 aliphatic rings. The first-order chi connectivity index (χ1) is 29.3. The van der Waals surface area contributed by atoms with Gasteiger partial charge in [-0.05, 0) is 86.1 Å². The van der Waals surface area contributed by atoms with Crippen LogP contribution >= 0.6 is 0 Å². The first kappa shape index (κ1) is 47.8. The van der Waals surface area contributed by atoms with E-state index < -0.39 is 30.5 Å². The number of rotatable bonds is 15. The van der Waals surface area contributed by atoms with Crippen LogP contribution in [0.15, 0.2) is 125 Å². The number of esters is 1.